The van der Waals surface area contributed by atoms with Gasteiger partial charge < -0.3 is 19.8 Å². The average molecular weight is 604 g/mol. The first-order valence-electron chi connectivity index (χ1n) is 15.9. The molecule has 3 heterocycles. The number of nitrogens with zero attached hydrogens (tertiary/aromatic N) is 3. The lowest BCUT2D eigenvalue weighted by Crippen LogP contribution is -2.63. The highest BCUT2D eigenvalue weighted by molar-refractivity contribution is 8.02. The number of thioether (sulfide) groups is 1. The Kier molecular flexibility index (Phi) is 10.8. The molecule has 1 spiro atoms. The van der Waals surface area contributed by atoms with Crippen molar-refractivity contribution < 1.29 is 19.5 Å². The third kappa shape index (κ3) is 6.22. The Morgan fingerprint density at radius 2 is 1.76 bits per heavy atom. The molecule has 3 unspecified atom stereocenters. The van der Waals surface area contributed by atoms with Crippen molar-refractivity contribution in [2.45, 2.75) is 116 Å². The van der Waals surface area contributed by atoms with E-state index in [0.29, 0.717) is 26.1 Å². The molecule has 238 valence electrons. The Morgan fingerprint density at radius 1 is 1.14 bits per heavy atom. The third-order valence-corrected chi connectivity index (χ3v) is 11.6. The minimum atomic E-state index is -0.757. The van der Waals surface area contributed by atoms with Crippen LogP contribution in [0, 0.1) is 29.1 Å². The highest BCUT2D eigenvalue weighted by Gasteiger charge is 2.77. The average Bonchev–Trinajstić information content (AvgIpc) is 3.47. The molecule has 3 aliphatic heterocycles. The second-order valence-corrected chi connectivity index (χ2v) is 16.7. The van der Waals surface area contributed by atoms with Crippen LogP contribution < -0.4 is 0 Å². The van der Waals surface area contributed by atoms with Crippen molar-refractivity contribution in [1.29, 1.82) is 0 Å². The SMILES string of the molecule is C=CCN(CCC)C(=O)[C@@H]1[C@H]2C(=O)N([C@@H](CO)CC(C)C)C(C(=O)N(CC=C)C(C)(C)CC(C)(C)C)C23S[C@@H]1CC3C. The van der Waals surface area contributed by atoms with E-state index in [4.69, 9.17) is 0 Å². The summed E-state index contributed by atoms with van der Waals surface area (Å²) in [7, 11) is 0. The van der Waals surface area contributed by atoms with Gasteiger partial charge in [0.05, 0.1) is 29.2 Å². The normalized spacial score (nSPS) is 29.5. The number of likely N-dealkylation sites (tertiary alicyclic amines) is 1. The second-order valence-electron chi connectivity index (χ2n) is 15.1. The number of fused-ring (bicyclic) bond motifs is 1. The van der Waals surface area contributed by atoms with Crippen LogP contribution in [0.25, 0.3) is 0 Å². The lowest BCUT2D eigenvalue weighted by Gasteiger charge is -2.47. The molecule has 0 radical (unpaired) electrons. The summed E-state index contributed by atoms with van der Waals surface area (Å²) in [5.41, 5.74) is -0.527. The van der Waals surface area contributed by atoms with E-state index in [2.05, 4.69) is 68.5 Å². The van der Waals surface area contributed by atoms with Gasteiger partial charge in [-0.3, -0.25) is 14.4 Å². The highest BCUT2D eigenvalue weighted by Crippen LogP contribution is 2.69. The minimum Gasteiger partial charge on any atom is -0.394 e. The van der Waals surface area contributed by atoms with E-state index in [0.717, 1.165) is 19.3 Å². The van der Waals surface area contributed by atoms with E-state index in [9.17, 15) is 14.7 Å². The summed E-state index contributed by atoms with van der Waals surface area (Å²) in [5.74, 6) is -1.04. The number of rotatable bonds is 14. The zero-order valence-corrected chi connectivity index (χ0v) is 28.5. The zero-order chi connectivity index (χ0) is 31.8. The van der Waals surface area contributed by atoms with Crippen molar-refractivity contribution in [3.8, 4) is 0 Å². The van der Waals surface area contributed by atoms with Gasteiger partial charge in [-0.25, -0.2) is 0 Å². The summed E-state index contributed by atoms with van der Waals surface area (Å²) in [6.07, 6.45) is 6.47. The van der Waals surface area contributed by atoms with Crippen LogP contribution in [0.3, 0.4) is 0 Å². The van der Waals surface area contributed by atoms with Gasteiger partial charge >= 0.3 is 0 Å². The second kappa shape index (κ2) is 13.1. The molecule has 0 aromatic heterocycles. The van der Waals surface area contributed by atoms with Crippen molar-refractivity contribution in [1.82, 2.24) is 14.7 Å². The molecule has 3 fully saturated rings. The van der Waals surface area contributed by atoms with Gasteiger partial charge in [0.2, 0.25) is 17.7 Å². The van der Waals surface area contributed by atoms with Crippen molar-refractivity contribution in [2.24, 2.45) is 29.1 Å². The Morgan fingerprint density at radius 3 is 2.26 bits per heavy atom. The molecule has 3 rings (SSSR count). The molecule has 1 N–H and O–H groups in total. The maximum absolute atomic E-state index is 15.1. The smallest absolute Gasteiger partial charge is 0.247 e. The third-order valence-electron chi connectivity index (χ3n) is 9.48. The number of aliphatic hydroxyl groups is 1. The molecule has 7 atom stereocenters. The number of carbonyl (C=O) groups is 3. The van der Waals surface area contributed by atoms with Crippen LogP contribution in [0.15, 0.2) is 25.3 Å². The lowest BCUT2D eigenvalue weighted by atomic mass is 9.65. The first kappa shape index (κ1) is 34.7. The van der Waals surface area contributed by atoms with Crippen LogP contribution in [-0.4, -0.2) is 91.4 Å². The Bertz CT molecular complexity index is 1040. The summed E-state index contributed by atoms with van der Waals surface area (Å²) in [5, 5.41) is 10.7. The van der Waals surface area contributed by atoms with Gasteiger partial charge in [-0.2, -0.15) is 0 Å². The number of aliphatic hydroxyl groups excluding tert-OH is 1. The fraction of sp³-hybridized carbons (Fsp3) is 0.794. The van der Waals surface area contributed by atoms with Crippen molar-refractivity contribution >= 4 is 29.5 Å². The fourth-order valence-corrected chi connectivity index (χ4v) is 10.9. The van der Waals surface area contributed by atoms with Crippen LogP contribution in [0.1, 0.15) is 88.0 Å². The first-order chi connectivity index (χ1) is 19.5. The molecule has 42 heavy (non-hydrogen) atoms. The summed E-state index contributed by atoms with van der Waals surface area (Å²) < 4.78 is -0.729. The molecule has 3 saturated heterocycles. The largest absolute Gasteiger partial charge is 0.394 e. The fourth-order valence-electron chi connectivity index (χ4n) is 8.47. The molecule has 0 aliphatic carbocycles. The maximum atomic E-state index is 15.1. The van der Waals surface area contributed by atoms with Crippen LogP contribution in [0.2, 0.25) is 0 Å². The number of carbonyl (C=O) groups excluding carboxylic acids is 3. The van der Waals surface area contributed by atoms with Gasteiger partial charge in [-0.05, 0) is 56.8 Å². The molecular formula is C34H57N3O4S. The Balaban J connectivity index is 2.20. The molecule has 8 heteroatoms. The molecule has 3 aliphatic rings. The molecule has 3 amide bonds. The summed E-state index contributed by atoms with van der Waals surface area (Å²) in [4.78, 5) is 49.5. The highest BCUT2D eigenvalue weighted by atomic mass is 32.2. The van der Waals surface area contributed by atoms with E-state index in [1.165, 1.54) is 0 Å². The molecular weight excluding hydrogens is 546 g/mol. The van der Waals surface area contributed by atoms with Crippen LogP contribution in [0.5, 0.6) is 0 Å². The van der Waals surface area contributed by atoms with Crippen molar-refractivity contribution in [2.75, 3.05) is 26.2 Å². The predicted octanol–water partition coefficient (Wildman–Crippen LogP) is 5.38. The van der Waals surface area contributed by atoms with E-state index < -0.39 is 34.2 Å². The van der Waals surface area contributed by atoms with Crippen LogP contribution in [0.4, 0.5) is 0 Å². The van der Waals surface area contributed by atoms with E-state index in [-0.39, 0.29) is 46.8 Å². The molecule has 0 saturated carbocycles. The predicted molar refractivity (Wildman–Crippen MR) is 173 cm³/mol. The number of hydrogen-bond donors (Lipinski definition) is 1. The molecule has 0 aromatic carbocycles. The van der Waals surface area contributed by atoms with Gasteiger partial charge in [0.25, 0.3) is 0 Å². The van der Waals surface area contributed by atoms with Crippen molar-refractivity contribution in [3.63, 3.8) is 0 Å². The number of amides is 3. The standard InChI is InChI=1S/C34H57N3O4S/c1-12-15-35(16-13-2)29(39)26-25-19-23(6)34(42-25)27(26)30(40)37(24(20-38)18-22(4)5)28(34)31(41)36(17-14-3)33(10,11)21-32(7,8)9/h12,14,22-28,38H,1,3,13,15-21H2,2,4-11H3/t23?,24-,25-,26+,27+,28?,34?/m1/s1. The minimum absolute atomic E-state index is 0.00478. The van der Waals surface area contributed by atoms with E-state index in [1.54, 1.807) is 28.8 Å². The van der Waals surface area contributed by atoms with Gasteiger partial charge in [0.1, 0.15) is 6.04 Å². The lowest BCUT2D eigenvalue weighted by molar-refractivity contribution is -0.150. The summed E-state index contributed by atoms with van der Waals surface area (Å²) in [6.45, 7) is 28.1. The van der Waals surface area contributed by atoms with Crippen LogP contribution in [-0.2, 0) is 14.4 Å². The number of hydrogen-bond acceptors (Lipinski definition) is 5. The van der Waals surface area contributed by atoms with E-state index in [1.807, 2.05) is 16.7 Å². The quantitative estimate of drug-likeness (QED) is 0.270. The van der Waals surface area contributed by atoms with Gasteiger partial charge in [0, 0.05) is 30.4 Å². The topological polar surface area (TPSA) is 81.2 Å². The maximum Gasteiger partial charge on any atom is 0.247 e. The zero-order valence-electron chi connectivity index (χ0n) is 27.7. The van der Waals surface area contributed by atoms with Crippen LogP contribution >= 0.6 is 11.8 Å². The van der Waals surface area contributed by atoms with Gasteiger partial charge in [-0.1, -0.05) is 60.6 Å². The van der Waals surface area contributed by atoms with E-state index >= 15 is 4.79 Å². The van der Waals surface area contributed by atoms with Gasteiger partial charge in [-0.15, -0.1) is 24.9 Å². The van der Waals surface area contributed by atoms with Gasteiger partial charge in [0.15, 0.2) is 0 Å². The van der Waals surface area contributed by atoms with Crippen molar-refractivity contribution in [3.05, 3.63) is 25.3 Å². The molecule has 7 nitrogen and oxygen atoms in total. The molecule has 0 aromatic rings. The first-order valence-corrected chi connectivity index (χ1v) is 16.8. The summed E-state index contributed by atoms with van der Waals surface area (Å²) in [6, 6.07) is -1.25. The Hall–Kier alpha value is -1.80. The molecule has 2 bridgehead atoms. The monoisotopic (exact) mass is 603 g/mol. The Labute approximate surface area is 259 Å². The summed E-state index contributed by atoms with van der Waals surface area (Å²) >= 11 is 1.71.